The van der Waals surface area contributed by atoms with Gasteiger partial charge in [0.15, 0.2) is 0 Å². The van der Waals surface area contributed by atoms with Crippen LogP contribution in [0, 0.1) is 5.92 Å². The highest BCUT2D eigenvalue weighted by molar-refractivity contribution is 9.10. The summed E-state index contributed by atoms with van der Waals surface area (Å²) in [4.78, 5) is 4.33. The van der Waals surface area contributed by atoms with Crippen LogP contribution in [0.1, 0.15) is 37.4 Å². The Kier molecular flexibility index (Phi) is 4.33. The van der Waals surface area contributed by atoms with E-state index in [-0.39, 0.29) is 24.8 Å². The molecule has 0 aromatic carbocycles. The lowest BCUT2D eigenvalue weighted by Gasteiger charge is -2.19. The molecule has 0 saturated heterocycles. The lowest BCUT2D eigenvalue weighted by Crippen LogP contribution is -2.21. The fraction of sp³-hybridized carbons (Fsp3) is 0.615. The fourth-order valence-electron chi connectivity index (χ4n) is 2.56. The zero-order chi connectivity index (χ0) is 13.2. The van der Waals surface area contributed by atoms with E-state index in [2.05, 4.69) is 26.2 Å². The molecule has 0 aliphatic heterocycles. The Bertz CT molecular complexity index is 394. The first-order valence-corrected chi connectivity index (χ1v) is 6.96. The fourth-order valence-corrected chi connectivity index (χ4v) is 2.79. The molecule has 2 nitrogen and oxygen atoms in total. The van der Waals surface area contributed by atoms with Gasteiger partial charge in [0.2, 0.25) is 5.92 Å². The first-order chi connectivity index (χ1) is 8.50. The van der Waals surface area contributed by atoms with Gasteiger partial charge in [-0.2, -0.15) is 0 Å². The minimum absolute atomic E-state index is 0.0156. The smallest absolute Gasteiger partial charge is 0.248 e. The monoisotopic (exact) mass is 318 g/mol. The Morgan fingerprint density at radius 3 is 2.83 bits per heavy atom. The van der Waals surface area contributed by atoms with E-state index in [0.717, 1.165) is 16.6 Å². The SMILES string of the molecule is CNC(CC1CCC(F)(F)C1)c1ccc(Br)cn1. The number of nitrogens with zero attached hydrogens (tertiary/aromatic N) is 1. The van der Waals surface area contributed by atoms with Crippen LogP contribution < -0.4 is 5.32 Å². The number of hydrogen-bond donors (Lipinski definition) is 1. The highest BCUT2D eigenvalue weighted by Crippen LogP contribution is 2.42. The van der Waals surface area contributed by atoms with Gasteiger partial charge in [-0.15, -0.1) is 0 Å². The summed E-state index contributed by atoms with van der Waals surface area (Å²) in [7, 11) is 1.85. The van der Waals surface area contributed by atoms with Gasteiger partial charge in [-0.3, -0.25) is 4.98 Å². The number of nitrogens with one attached hydrogen (secondary N) is 1. The van der Waals surface area contributed by atoms with E-state index in [9.17, 15) is 8.78 Å². The van der Waals surface area contributed by atoms with Crippen molar-refractivity contribution in [3.05, 3.63) is 28.5 Å². The molecule has 5 heteroatoms. The van der Waals surface area contributed by atoms with Crippen molar-refractivity contribution < 1.29 is 8.78 Å². The van der Waals surface area contributed by atoms with Crippen molar-refractivity contribution in [2.45, 2.75) is 37.6 Å². The zero-order valence-corrected chi connectivity index (χ0v) is 11.9. The molecule has 1 heterocycles. The van der Waals surface area contributed by atoms with E-state index < -0.39 is 5.92 Å². The molecule has 2 atom stereocenters. The number of alkyl halides is 2. The van der Waals surface area contributed by atoms with Gasteiger partial charge in [0.05, 0.1) is 5.69 Å². The second-order valence-corrected chi connectivity index (χ2v) is 5.86. The Morgan fingerprint density at radius 2 is 2.33 bits per heavy atom. The van der Waals surface area contributed by atoms with Crippen LogP contribution in [-0.2, 0) is 0 Å². The van der Waals surface area contributed by atoms with Crippen molar-refractivity contribution in [1.82, 2.24) is 10.3 Å². The summed E-state index contributed by atoms with van der Waals surface area (Å²) < 4.78 is 27.2. The maximum atomic E-state index is 13.2. The van der Waals surface area contributed by atoms with Crippen LogP contribution >= 0.6 is 15.9 Å². The van der Waals surface area contributed by atoms with Crippen molar-refractivity contribution in [1.29, 1.82) is 0 Å². The van der Waals surface area contributed by atoms with E-state index in [1.165, 1.54) is 0 Å². The van der Waals surface area contributed by atoms with Gasteiger partial charge >= 0.3 is 0 Å². The van der Waals surface area contributed by atoms with Gasteiger partial charge in [0.25, 0.3) is 0 Å². The summed E-state index contributed by atoms with van der Waals surface area (Å²) in [6.45, 7) is 0. The van der Waals surface area contributed by atoms with E-state index in [0.29, 0.717) is 6.42 Å². The molecule has 1 N–H and O–H groups in total. The van der Waals surface area contributed by atoms with Gasteiger partial charge in [-0.05, 0) is 53.9 Å². The van der Waals surface area contributed by atoms with Crippen LogP contribution in [0.25, 0.3) is 0 Å². The normalized spacial score (nSPS) is 24.1. The van der Waals surface area contributed by atoms with Crippen molar-refractivity contribution in [2.24, 2.45) is 5.92 Å². The lowest BCUT2D eigenvalue weighted by molar-refractivity contribution is 0.00431. The van der Waals surface area contributed by atoms with E-state index in [1.54, 1.807) is 6.20 Å². The third-order valence-corrected chi connectivity index (χ3v) is 4.00. The molecule has 1 aliphatic rings. The Labute approximate surface area is 114 Å². The summed E-state index contributed by atoms with van der Waals surface area (Å²) in [5.74, 6) is -2.38. The van der Waals surface area contributed by atoms with Gasteiger partial charge in [-0.25, -0.2) is 8.78 Å². The van der Waals surface area contributed by atoms with E-state index >= 15 is 0 Å². The van der Waals surface area contributed by atoms with Gasteiger partial charge in [0.1, 0.15) is 0 Å². The van der Waals surface area contributed by atoms with Crippen LogP contribution in [-0.4, -0.2) is 18.0 Å². The molecule has 0 bridgehead atoms. The molecule has 1 saturated carbocycles. The standard InChI is InChI=1S/C13H17BrF2N2/c1-17-12(11-3-2-10(14)8-18-11)6-9-4-5-13(15,16)7-9/h2-3,8-9,12,17H,4-7H2,1H3. The van der Waals surface area contributed by atoms with Crippen LogP contribution in [0.5, 0.6) is 0 Å². The molecule has 1 fully saturated rings. The summed E-state index contributed by atoms with van der Waals surface area (Å²) in [5.41, 5.74) is 0.913. The summed E-state index contributed by atoms with van der Waals surface area (Å²) in [6.07, 6.45) is 3.12. The maximum Gasteiger partial charge on any atom is 0.248 e. The predicted octanol–water partition coefficient (Wildman–Crippen LogP) is 3.93. The summed E-state index contributed by atoms with van der Waals surface area (Å²) in [6, 6.07) is 3.91. The first kappa shape index (κ1) is 13.9. The van der Waals surface area contributed by atoms with Crippen molar-refractivity contribution >= 4 is 15.9 Å². The Hall–Kier alpha value is -0.550. The Morgan fingerprint density at radius 1 is 1.56 bits per heavy atom. The zero-order valence-electron chi connectivity index (χ0n) is 10.3. The molecule has 0 radical (unpaired) electrons. The largest absolute Gasteiger partial charge is 0.312 e. The van der Waals surface area contributed by atoms with Gasteiger partial charge < -0.3 is 5.32 Å². The quantitative estimate of drug-likeness (QED) is 0.909. The second-order valence-electron chi connectivity index (χ2n) is 4.94. The van der Waals surface area contributed by atoms with Crippen molar-refractivity contribution in [2.75, 3.05) is 7.05 Å². The summed E-state index contributed by atoms with van der Waals surface area (Å²) in [5, 5.41) is 3.17. The average molecular weight is 319 g/mol. The molecule has 0 amide bonds. The topological polar surface area (TPSA) is 24.9 Å². The summed E-state index contributed by atoms with van der Waals surface area (Å²) >= 11 is 3.34. The van der Waals surface area contributed by atoms with Crippen LogP contribution in [0.4, 0.5) is 8.78 Å². The van der Waals surface area contributed by atoms with E-state index in [1.807, 2.05) is 19.2 Å². The highest BCUT2D eigenvalue weighted by atomic mass is 79.9. The van der Waals surface area contributed by atoms with Gasteiger partial charge in [-0.1, -0.05) is 0 Å². The molecular weight excluding hydrogens is 302 g/mol. The molecule has 1 aliphatic carbocycles. The maximum absolute atomic E-state index is 13.2. The average Bonchev–Trinajstić information content (AvgIpc) is 2.67. The minimum Gasteiger partial charge on any atom is -0.312 e. The molecule has 2 unspecified atom stereocenters. The third kappa shape index (κ3) is 3.48. The predicted molar refractivity (Wildman–Crippen MR) is 70.6 cm³/mol. The third-order valence-electron chi connectivity index (χ3n) is 3.53. The Balaban J connectivity index is 2.00. The number of aromatic nitrogens is 1. The molecule has 0 spiro atoms. The van der Waals surface area contributed by atoms with Crippen LogP contribution in [0.2, 0.25) is 0 Å². The molecule has 18 heavy (non-hydrogen) atoms. The van der Waals surface area contributed by atoms with Gasteiger partial charge in [0, 0.05) is 29.6 Å². The lowest BCUT2D eigenvalue weighted by atomic mass is 9.96. The van der Waals surface area contributed by atoms with Crippen molar-refractivity contribution in [3.8, 4) is 0 Å². The number of halogens is 3. The van der Waals surface area contributed by atoms with Crippen LogP contribution in [0.15, 0.2) is 22.8 Å². The van der Waals surface area contributed by atoms with Crippen LogP contribution in [0.3, 0.4) is 0 Å². The molecule has 100 valence electrons. The second kappa shape index (κ2) is 5.61. The number of pyridine rings is 1. The number of hydrogen-bond acceptors (Lipinski definition) is 2. The molecule has 2 rings (SSSR count). The highest BCUT2D eigenvalue weighted by Gasteiger charge is 2.40. The first-order valence-electron chi connectivity index (χ1n) is 6.17. The molecular formula is C13H17BrF2N2. The molecule has 1 aromatic heterocycles. The molecule has 1 aromatic rings. The number of rotatable bonds is 4. The van der Waals surface area contributed by atoms with Crippen molar-refractivity contribution in [3.63, 3.8) is 0 Å². The van der Waals surface area contributed by atoms with E-state index in [4.69, 9.17) is 0 Å². The minimum atomic E-state index is -2.46.